The molecule has 0 bridgehead atoms. The van der Waals surface area contributed by atoms with Gasteiger partial charge in [0.25, 0.3) is 11.6 Å². The summed E-state index contributed by atoms with van der Waals surface area (Å²) in [7, 11) is 0. The van der Waals surface area contributed by atoms with Crippen molar-refractivity contribution in [3.63, 3.8) is 0 Å². The van der Waals surface area contributed by atoms with Crippen LogP contribution in [0.4, 0.5) is 30.2 Å². The Hall–Kier alpha value is -3.67. The number of esters is 1. The van der Waals surface area contributed by atoms with Gasteiger partial charge in [-0.05, 0) is 31.2 Å². The first-order chi connectivity index (χ1) is 15.9. The van der Waals surface area contributed by atoms with Gasteiger partial charge in [-0.3, -0.25) is 24.5 Å². The van der Waals surface area contributed by atoms with Crippen LogP contribution >= 0.6 is 11.6 Å². The van der Waals surface area contributed by atoms with Gasteiger partial charge in [-0.1, -0.05) is 17.7 Å². The van der Waals surface area contributed by atoms with Crippen molar-refractivity contribution in [2.45, 2.75) is 19.5 Å². The number of ether oxygens (including phenoxy) is 1. The fourth-order valence-corrected chi connectivity index (χ4v) is 3.48. The molecule has 34 heavy (non-hydrogen) atoms. The number of nitrogens with one attached hydrogen (secondary N) is 1. The maximum atomic E-state index is 12.8. The third-order valence-electron chi connectivity index (χ3n) is 5.07. The minimum Gasteiger partial charge on any atom is -0.455 e. The van der Waals surface area contributed by atoms with Gasteiger partial charge in [0.2, 0.25) is 5.91 Å². The van der Waals surface area contributed by atoms with Crippen LogP contribution in [0.15, 0.2) is 36.4 Å². The van der Waals surface area contributed by atoms with Crippen molar-refractivity contribution in [2.75, 3.05) is 23.4 Å². The SMILES string of the molecule is Cc1ccc(N2C[C@@H](C(=O)OCC(=O)Nc3cc(C(F)(F)F)ccc3Cl)CC2=O)cc1[N+](=O)[O-]. The minimum atomic E-state index is -4.64. The predicted octanol–water partition coefficient (Wildman–Crippen LogP) is 4.11. The van der Waals surface area contributed by atoms with Gasteiger partial charge in [-0.25, -0.2) is 0 Å². The number of aryl methyl sites for hydroxylation is 1. The molecule has 0 spiro atoms. The van der Waals surface area contributed by atoms with Crippen LogP contribution < -0.4 is 10.2 Å². The van der Waals surface area contributed by atoms with E-state index in [1.807, 2.05) is 0 Å². The van der Waals surface area contributed by atoms with E-state index in [2.05, 4.69) is 5.32 Å². The fourth-order valence-electron chi connectivity index (χ4n) is 3.32. The maximum Gasteiger partial charge on any atom is 0.416 e. The van der Waals surface area contributed by atoms with E-state index in [9.17, 15) is 37.7 Å². The van der Waals surface area contributed by atoms with Gasteiger partial charge in [0, 0.05) is 24.6 Å². The van der Waals surface area contributed by atoms with Crippen LogP contribution in [0.2, 0.25) is 5.02 Å². The Balaban J connectivity index is 1.60. The average molecular weight is 500 g/mol. The molecule has 0 aliphatic carbocycles. The second-order valence-corrected chi connectivity index (χ2v) is 7.89. The first-order valence-corrected chi connectivity index (χ1v) is 10.1. The first-order valence-electron chi connectivity index (χ1n) is 9.75. The lowest BCUT2D eigenvalue weighted by Gasteiger charge is -2.17. The Bertz CT molecular complexity index is 1170. The molecule has 2 amide bonds. The van der Waals surface area contributed by atoms with E-state index in [4.69, 9.17) is 16.3 Å². The van der Waals surface area contributed by atoms with Gasteiger partial charge in [0.05, 0.1) is 32.8 Å². The van der Waals surface area contributed by atoms with Crippen LogP contribution in [0.5, 0.6) is 0 Å². The predicted molar refractivity (Wildman–Crippen MR) is 114 cm³/mol. The summed E-state index contributed by atoms with van der Waals surface area (Å²) >= 11 is 5.81. The third kappa shape index (κ3) is 5.63. The van der Waals surface area contributed by atoms with Crippen molar-refractivity contribution < 1.29 is 37.2 Å². The summed E-state index contributed by atoms with van der Waals surface area (Å²) in [6.07, 6.45) is -4.88. The molecule has 3 rings (SSSR count). The highest BCUT2D eigenvalue weighted by molar-refractivity contribution is 6.33. The number of carbonyl (C=O) groups excluding carboxylic acids is 3. The summed E-state index contributed by atoms with van der Waals surface area (Å²) in [5.41, 5.74) is -0.857. The fraction of sp³-hybridized carbons (Fsp3) is 0.286. The molecule has 1 atom stereocenters. The van der Waals surface area contributed by atoms with Crippen molar-refractivity contribution in [1.29, 1.82) is 0 Å². The standard InChI is InChI=1S/C21H17ClF3N3O6/c1-11-2-4-14(8-17(11)28(32)33)27-9-12(6-19(27)30)20(31)34-10-18(29)26-16-7-13(21(23,24)25)3-5-15(16)22/h2-5,7-8,12H,6,9-10H2,1H3,(H,26,29)/t12-/m0/s1. The number of benzene rings is 2. The van der Waals surface area contributed by atoms with E-state index >= 15 is 0 Å². The van der Waals surface area contributed by atoms with Gasteiger partial charge < -0.3 is 15.0 Å². The van der Waals surface area contributed by atoms with Crippen molar-refractivity contribution in [3.8, 4) is 0 Å². The van der Waals surface area contributed by atoms with E-state index in [0.29, 0.717) is 11.6 Å². The highest BCUT2D eigenvalue weighted by Gasteiger charge is 2.37. The minimum absolute atomic E-state index is 0.112. The highest BCUT2D eigenvalue weighted by Crippen LogP contribution is 2.34. The number of halogens is 4. The normalized spacial score (nSPS) is 15.9. The van der Waals surface area contributed by atoms with Crippen molar-refractivity contribution >= 4 is 46.4 Å². The van der Waals surface area contributed by atoms with E-state index in [1.54, 1.807) is 6.92 Å². The smallest absolute Gasteiger partial charge is 0.416 e. The molecule has 2 aromatic carbocycles. The highest BCUT2D eigenvalue weighted by atomic mass is 35.5. The number of alkyl halides is 3. The number of nitro groups is 1. The molecule has 1 aliphatic heterocycles. The number of anilines is 2. The van der Waals surface area contributed by atoms with Crippen LogP contribution in [-0.2, 0) is 25.3 Å². The number of carbonyl (C=O) groups is 3. The molecular weight excluding hydrogens is 483 g/mol. The molecule has 0 aromatic heterocycles. The zero-order chi connectivity index (χ0) is 25.2. The molecule has 0 unspecified atom stereocenters. The maximum absolute atomic E-state index is 12.8. The number of hydrogen-bond donors (Lipinski definition) is 1. The van der Waals surface area contributed by atoms with E-state index in [-0.39, 0.29) is 35.1 Å². The zero-order valence-electron chi connectivity index (χ0n) is 17.5. The van der Waals surface area contributed by atoms with Gasteiger partial charge in [0.1, 0.15) is 0 Å². The molecule has 13 heteroatoms. The number of rotatable bonds is 6. The molecule has 1 N–H and O–H groups in total. The summed E-state index contributed by atoms with van der Waals surface area (Å²) in [5.74, 6) is -3.19. The lowest BCUT2D eigenvalue weighted by molar-refractivity contribution is -0.385. The molecule has 9 nitrogen and oxygen atoms in total. The van der Waals surface area contributed by atoms with Crippen molar-refractivity contribution in [2.24, 2.45) is 5.92 Å². The zero-order valence-corrected chi connectivity index (χ0v) is 18.3. The molecule has 180 valence electrons. The number of nitro benzene ring substituents is 1. The number of hydrogen-bond acceptors (Lipinski definition) is 6. The van der Waals surface area contributed by atoms with Gasteiger partial charge in [0.15, 0.2) is 6.61 Å². The summed E-state index contributed by atoms with van der Waals surface area (Å²) in [6.45, 7) is 0.622. The van der Waals surface area contributed by atoms with Crippen LogP contribution in [0.1, 0.15) is 17.5 Å². The second kappa shape index (κ2) is 9.67. The second-order valence-electron chi connectivity index (χ2n) is 7.48. The van der Waals surface area contributed by atoms with Crippen LogP contribution in [0, 0.1) is 23.0 Å². The molecule has 1 fully saturated rings. The average Bonchev–Trinajstić information content (AvgIpc) is 3.14. The molecule has 2 aromatic rings. The molecule has 0 radical (unpaired) electrons. The summed E-state index contributed by atoms with van der Waals surface area (Å²) < 4.78 is 43.4. The Morgan fingerprint density at radius 2 is 1.97 bits per heavy atom. The van der Waals surface area contributed by atoms with Crippen LogP contribution in [0.3, 0.4) is 0 Å². The quantitative estimate of drug-likeness (QED) is 0.363. The monoisotopic (exact) mass is 499 g/mol. The van der Waals surface area contributed by atoms with Gasteiger partial charge >= 0.3 is 12.1 Å². The Morgan fingerprint density at radius 3 is 2.62 bits per heavy atom. The molecule has 1 heterocycles. The summed E-state index contributed by atoms with van der Waals surface area (Å²) in [5, 5.41) is 13.1. The van der Waals surface area contributed by atoms with Crippen LogP contribution in [-0.4, -0.2) is 35.9 Å². The molecule has 0 saturated carbocycles. The molecular formula is C21H17ClF3N3O6. The Labute approximate surface area is 195 Å². The van der Waals surface area contributed by atoms with E-state index in [0.717, 1.165) is 12.1 Å². The first kappa shape index (κ1) is 25.0. The third-order valence-corrected chi connectivity index (χ3v) is 5.40. The molecule has 1 aliphatic rings. The topological polar surface area (TPSA) is 119 Å². The molecule has 1 saturated heterocycles. The number of amides is 2. The Kier molecular flexibility index (Phi) is 7.10. The largest absolute Gasteiger partial charge is 0.455 e. The number of nitrogens with zero attached hydrogens (tertiary/aromatic N) is 2. The lowest BCUT2D eigenvalue weighted by Crippen LogP contribution is -2.28. The van der Waals surface area contributed by atoms with E-state index < -0.39 is 47.0 Å². The summed E-state index contributed by atoms with van der Waals surface area (Å²) in [6, 6.07) is 6.60. The van der Waals surface area contributed by atoms with Crippen molar-refractivity contribution in [3.05, 3.63) is 62.7 Å². The summed E-state index contributed by atoms with van der Waals surface area (Å²) in [4.78, 5) is 48.5. The van der Waals surface area contributed by atoms with Gasteiger partial charge in [-0.15, -0.1) is 0 Å². The van der Waals surface area contributed by atoms with Crippen LogP contribution in [0.25, 0.3) is 0 Å². The Morgan fingerprint density at radius 1 is 1.26 bits per heavy atom. The van der Waals surface area contributed by atoms with Gasteiger partial charge in [-0.2, -0.15) is 13.2 Å². The van der Waals surface area contributed by atoms with E-state index in [1.165, 1.54) is 23.1 Å². The lowest BCUT2D eigenvalue weighted by atomic mass is 10.1. The van der Waals surface area contributed by atoms with Crippen molar-refractivity contribution in [1.82, 2.24) is 0 Å².